The molecule has 1 unspecified atom stereocenters. The van der Waals surface area contributed by atoms with E-state index in [1.807, 2.05) is 11.9 Å². The third-order valence-electron chi connectivity index (χ3n) is 4.74. The molecular formula is C17H32N2O2. The van der Waals surface area contributed by atoms with Crippen molar-refractivity contribution in [3.8, 4) is 0 Å². The van der Waals surface area contributed by atoms with E-state index in [2.05, 4.69) is 53.8 Å². The van der Waals surface area contributed by atoms with Crippen molar-refractivity contribution < 1.29 is 9.53 Å². The summed E-state index contributed by atoms with van der Waals surface area (Å²) in [4.78, 5) is 14.9. The number of hydrogen-bond acceptors (Lipinski definition) is 3. The predicted octanol–water partition coefficient (Wildman–Crippen LogP) is 2.92. The van der Waals surface area contributed by atoms with Gasteiger partial charge in [-0.25, -0.2) is 0 Å². The molecule has 0 aromatic rings. The Balaban J connectivity index is 2.37. The molecule has 1 amide bonds. The van der Waals surface area contributed by atoms with E-state index >= 15 is 0 Å². The van der Waals surface area contributed by atoms with E-state index in [4.69, 9.17) is 4.74 Å². The molecule has 1 atom stereocenters. The summed E-state index contributed by atoms with van der Waals surface area (Å²) in [6.45, 7) is 15.0. The molecule has 2 rings (SSSR count). The maximum absolute atomic E-state index is 13.0. The molecule has 4 nitrogen and oxygen atoms in total. The van der Waals surface area contributed by atoms with Crippen molar-refractivity contribution in [2.75, 3.05) is 7.05 Å². The number of piperidine rings is 1. The van der Waals surface area contributed by atoms with Crippen LogP contribution in [-0.4, -0.2) is 40.3 Å². The van der Waals surface area contributed by atoms with E-state index in [1.54, 1.807) is 0 Å². The first kappa shape index (κ1) is 16.8. The summed E-state index contributed by atoms with van der Waals surface area (Å²) < 4.78 is 6.52. The van der Waals surface area contributed by atoms with Crippen LogP contribution in [0.25, 0.3) is 0 Å². The van der Waals surface area contributed by atoms with Gasteiger partial charge in [-0.2, -0.15) is 0 Å². The molecule has 0 aromatic carbocycles. The van der Waals surface area contributed by atoms with Crippen molar-refractivity contribution in [2.45, 2.75) is 90.1 Å². The Labute approximate surface area is 129 Å². The van der Waals surface area contributed by atoms with Crippen LogP contribution in [0.15, 0.2) is 0 Å². The highest BCUT2D eigenvalue weighted by atomic mass is 16.6. The van der Waals surface area contributed by atoms with Crippen molar-refractivity contribution in [3.63, 3.8) is 0 Å². The van der Waals surface area contributed by atoms with E-state index in [9.17, 15) is 4.79 Å². The number of ether oxygens (including phenoxy) is 1. The fraction of sp³-hybridized carbons (Fsp3) is 0.941. The van der Waals surface area contributed by atoms with Crippen LogP contribution >= 0.6 is 0 Å². The fourth-order valence-electron chi connectivity index (χ4n) is 4.71. The molecule has 0 aliphatic carbocycles. The highest BCUT2D eigenvalue weighted by Gasteiger charge is 2.62. The highest BCUT2D eigenvalue weighted by Crippen LogP contribution is 2.48. The maximum atomic E-state index is 13.0. The number of hydrogen-bond donors (Lipinski definition) is 1. The number of rotatable bonds is 2. The van der Waals surface area contributed by atoms with Crippen molar-refractivity contribution in [3.05, 3.63) is 0 Å². The van der Waals surface area contributed by atoms with Crippen LogP contribution in [0.4, 0.5) is 0 Å². The zero-order chi connectivity index (χ0) is 16.3. The first-order valence-electron chi connectivity index (χ1n) is 8.09. The molecule has 0 aromatic heterocycles. The van der Waals surface area contributed by atoms with Crippen LogP contribution in [0.5, 0.6) is 0 Å². The summed E-state index contributed by atoms with van der Waals surface area (Å²) in [6.07, 6.45) is 2.31. The number of carbonyl (C=O) groups is 1. The predicted molar refractivity (Wildman–Crippen MR) is 85.0 cm³/mol. The quantitative estimate of drug-likeness (QED) is 0.852. The number of likely N-dealkylation sites (N-methyl/N-ethyl adjacent to an activating group) is 1. The second kappa shape index (κ2) is 4.69. The summed E-state index contributed by atoms with van der Waals surface area (Å²) in [5.74, 6) is 0.636. The van der Waals surface area contributed by atoms with Crippen LogP contribution in [0.1, 0.15) is 67.7 Å². The average molecular weight is 296 g/mol. The zero-order valence-electron chi connectivity index (χ0n) is 15.0. The lowest BCUT2D eigenvalue weighted by Gasteiger charge is -2.50. The van der Waals surface area contributed by atoms with E-state index in [1.165, 1.54) is 0 Å². The van der Waals surface area contributed by atoms with Gasteiger partial charge >= 0.3 is 0 Å². The Morgan fingerprint density at radius 3 is 2.05 bits per heavy atom. The SMILES string of the molecule is CC(C)CC1(C)OC2(CC(C)(C)NC(C)(C)C2)C(=O)N1C. The minimum Gasteiger partial charge on any atom is -0.339 e. The van der Waals surface area contributed by atoms with Gasteiger partial charge in [0.2, 0.25) is 0 Å². The second-order valence-electron chi connectivity index (χ2n) is 8.98. The third kappa shape index (κ3) is 2.98. The van der Waals surface area contributed by atoms with E-state index < -0.39 is 11.3 Å². The topological polar surface area (TPSA) is 41.6 Å². The minimum atomic E-state index is -0.684. The molecule has 1 N–H and O–H groups in total. The van der Waals surface area contributed by atoms with Gasteiger partial charge in [-0.3, -0.25) is 4.79 Å². The first-order valence-corrected chi connectivity index (χ1v) is 8.09. The molecule has 122 valence electrons. The molecule has 2 aliphatic rings. The molecule has 2 heterocycles. The second-order valence-corrected chi connectivity index (χ2v) is 8.98. The lowest BCUT2D eigenvalue weighted by molar-refractivity contribution is -0.166. The van der Waals surface area contributed by atoms with Crippen molar-refractivity contribution >= 4 is 5.91 Å². The van der Waals surface area contributed by atoms with Gasteiger partial charge in [0.25, 0.3) is 5.91 Å². The molecule has 0 bridgehead atoms. The molecule has 0 radical (unpaired) electrons. The van der Waals surface area contributed by atoms with Gasteiger partial charge < -0.3 is 15.0 Å². The van der Waals surface area contributed by atoms with Crippen LogP contribution < -0.4 is 5.32 Å². The Bertz CT molecular complexity index is 426. The summed E-state index contributed by atoms with van der Waals surface area (Å²) in [6, 6.07) is 0. The van der Waals surface area contributed by atoms with Crippen molar-refractivity contribution in [1.82, 2.24) is 10.2 Å². The summed E-state index contributed by atoms with van der Waals surface area (Å²) in [5.41, 5.74) is -1.39. The Morgan fingerprint density at radius 1 is 1.14 bits per heavy atom. The summed E-state index contributed by atoms with van der Waals surface area (Å²) in [7, 11) is 1.89. The standard InChI is InChI=1S/C17H32N2O2/c1-12(2)9-16(7)19(8)13(20)17(21-16)10-14(3,4)18-15(5,6)11-17/h12,18H,9-11H2,1-8H3. The van der Waals surface area contributed by atoms with Gasteiger partial charge in [-0.1, -0.05) is 13.8 Å². The Morgan fingerprint density at radius 2 is 1.62 bits per heavy atom. The monoisotopic (exact) mass is 296 g/mol. The van der Waals surface area contributed by atoms with Gasteiger partial charge in [0.15, 0.2) is 5.60 Å². The van der Waals surface area contributed by atoms with Crippen molar-refractivity contribution in [2.24, 2.45) is 5.92 Å². The van der Waals surface area contributed by atoms with E-state index in [0.29, 0.717) is 5.92 Å². The minimum absolute atomic E-state index is 0.110. The summed E-state index contributed by atoms with van der Waals surface area (Å²) >= 11 is 0. The van der Waals surface area contributed by atoms with Gasteiger partial charge in [0.05, 0.1) is 0 Å². The largest absolute Gasteiger partial charge is 0.339 e. The molecule has 0 saturated carbocycles. The van der Waals surface area contributed by atoms with E-state index in [-0.39, 0.29) is 17.0 Å². The van der Waals surface area contributed by atoms with Crippen LogP contribution in [0.3, 0.4) is 0 Å². The lowest BCUT2D eigenvalue weighted by atomic mass is 9.72. The molecule has 21 heavy (non-hydrogen) atoms. The molecule has 4 heteroatoms. The van der Waals surface area contributed by atoms with Gasteiger partial charge in [-0.05, 0) is 47.0 Å². The lowest BCUT2D eigenvalue weighted by Crippen LogP contribution is -2.65. The molecule has 2 fully saturated rings. The number of amides is 1. The van der Waals surface area contributed by atoms with Crippen molar-refractivity contribution in [1.29, 1.82) is 0 Å². The van der Waals surface area contributed by atoms with Crippen LogP contribution in [0, 0.1) is 5.92 Å². The number of nitrogens with one attached hydrogen (secondary N) is 1. The average Bonchev–Trinajstić information content (AvgIpc) is 2.34. The Hall–Kier alpha value is -0.610. The Kier molecular flexibility index (Phi) is 3.74. The molecule has 2 aliphatic heterocycles. The smallest absolute Gasteiger partial charge is 0.257 e. The summed E-state index contributed by atoms with van der Waals surface area (Å²) in [5, 5.41) is 3.64. The van der Waals surface area contributed by atoms with Crippen LogP contribution in [0.2, 0.25) is 0 Å². The molecule has 1 spiro atoms. The molecule has 2 saturated heterocycles. The fourth-order valence-corrected chi connectivity index (χ4v) is 4.71. The maximum Gasteiger partial charge on any atom is 0.257 e. The van der Waals surface area contributed by atoms with Gasteiger partial charge in [0.1, 0.15) is 5.72 Å². The normalized spacial score (nSPS) is 34.0. The van der Waals surface area contributed by atoms with Gasteiger partial charge in [-0.15, -0.1) is 0 Å². The zero-order valence-corrected chi connectivity index (χ0v) is 15.0. The molecular weight excluding hydrogens is 264 g/mol. The number of nitrogens with zero attached hydrogens (tertiary/aromatic N) is 1. The van der Waals surface area contributed by atoms with E-state index in [0.717, 1.165) is 19.3 Å². The van der Waals surface area contributed by atoms with Crippen LogP contribution in [-0.2, 0) is 9.53 Å². The van der Waals surface area contributed by atoms with Gasteiger partial charge in [0, 0.05) is 31.0 Å². The third-order valence-corrected chi connectivity index (χ3v) is 4.74. The first-order chi connectivity index (χ1) is 9.31. The highest BCUT2D eigenvalue weighted by molar-refractivity contribution is 5.88. The number of carbonyl (C=O) groups excluding carboxylic acids is 1.